The third-order valence-electron chi connectivity index (χ3n) is 5.60. The Balaban J connectivity index is 2.52. The molecule has 12 heteroatoms. The zero-order chi connectivity index (χ0) is 27.2. The zero-order valence-electron chi connectivity index (χ0n) is 20.4. The van der Waals surface area contributed by atoms with Crippen molar-refractivity contribution in [3.05, 3.63) is 62.1 Å². The summed E-state index contributed by atoms with van der Waals surface area (Å²) < 4.78 is 26.3. The van der Waals surface area contributed by atoms with E-state index in [1.54, 1.807) is 19.1 Å². The fourth-order valence-corrected chi connectivity index (χ4v) is 5.22. The standard InChI is InChI=1S/C24H29Cl4N3O4S/c1-5-15(3)29-24(33)21(6-2)30(13-16-7-8-17(25)11-20(16)28)23(32)14-31(36(4,34)35)22-12-18(26)9-10-19(22)27/h7-12,15,21H,5-6,13-14H2,1-4H3,(H,29,33)/t15-,21-/m1/s1. The van der Waals surface area contributed by atoms with Crippen LogP contribution in [0.5, 0.6) is 0 Å². The fraction of sp³-hybridized carbons (Fsp3) is 0.417. The van der Waals surface area contributed by atoms with Crippen molar-refractivity contribution in [3.63, 3.8) is 0 Å². The second-order valence-electron chi connectivity index (χ2n) is 8.36. The largest absolute Gasteiger partial charge is 0.352 e. The van der Waals surface area contributed by atoms with Crippen molar-refractivity contribution in [2.24, 2.45) is 0 Å². The zero-order valence-corrected chi connectivity index (χ0v) is 24.2. The minimum atomic E-state index is -3.95. The van der Waals surface area contributed by atoms with E-state index in [1.165, 1.54) is 29.2 Å². The molecule has 36 heavy (non-hydrogen) atoms. The molecule has 2 amide bonds. The summed E-state index contributed by atoms with van der Waals surface area (Å²) in [4.78, 5) is 28.2. The number of amides is 2. The van der Waals surface area contributed by atoms with E-state index < -0.39 is 28.5 Å². The fourth-order valence-electron chi connectivity index (χ4n) is 3.47. The maximum atomic E-state index is 13.7. The number of nitrogens with one attached hydrogen (secondary N) is 1. The molecule has 0 bridgehead atoms. The lowest BCUT2D eigenvalue weighted by atomic mass is 10.1. The van der Waals surface area contributed by atoms with Gasteiger partial charge in [-0.2, -0.15) is 0 Å². The molecular weight excluding hydrogens is 568 g/mol. The number of benzene rings is 2. The Bertz CT molecular complexity index is 1210. The van der Waals surface area contributed by atoms with E-state index in [-0.39, 0.29) is 40.6 Å². The van der Waals surface area contributed by atoms with E-state index in [0.29, 0.717) is 22.0 Å². The van der Waals surface area contributed by atoms with Crippen LogP contribution in [0.1, 0.15) is 39.2 Å². The molecule has 0 saturated heterocycles. The lowest BCUT2D eigenvalue weighted by Crippen LogP contribution is -2.53. The second kappa shape index (κ2) is 13.2. The number of hydrogen-bond acceptors (Lipinski definition) is 4. The average molecular weight is 597 g/mol. The highest BCUT2D eigenvalue weighted by Gasteiger charge is 2.33. The summed E-state index contributed by atoms with van der Waals surface area (Å²) >= 11 is 24.7. The van der Waals surface area contributed by atoms with Gasteiger partial charge in [0, 0.05) is 27.7 Å². The predicted octanol–water partition coefficient (Wildman–Crippen LogP) is 5.79. The first-order valence-electron chi connectivity index (χ1n) is 11.2. The monoisotopic (exact) mass is 595 g/mol. The van der Waals surface area contributed by atoms with E-state index in [1.807, 2.05) is 13.8 Å². The average Bonchev–Trinajstić information content (AvgIpc) is 2.79. The molecule has 0 saturated carbocycles. The van der Waals surface area contributed by atoms with E-state index in [2.05, 4.69) is 5.32 Å². The van der Waals surface area contributed by atoms with Crippen LogP contribution in [0, 0.1) is 0 Å². The lowest BCUT2D eigenvalue weighted by molar-refractivity contribution is -0.140. The van der Waals surface area contributed by atoms with Crippen LogP contribution in [0.2, 0.25) is 20.1 Å². The molecule has 7 nitrogen and oxygen atoms in total. The van der Waals surface area contributed by atoms with Crippen molar-refractivity contribution in [1.29, 1.82) is 0 Å². The van der Waals surface area contributed by atoms with Gasteiger partial charge in [0.1, 0.15) is 12.6 Å². The van der Waals surface area contributed by atoms with Gasteiger partial charge in [-0.25, -0.2) is 8.42 Å². The third-order valence-corrected chi connectivity index (χ3v) is 7.87. The molecule has 2 aromatic carbocycles. The highest BCUT2D eigenvalue weighted by atomic mass is 35.5. The van der Waals surface area contributed by atoms with Crippen molar-refractivity contribution in [2.45, 2.75) is 52.2 Å². The van der Waals surface area contributed by atoms with E-state index >= 15 is 0 Å². The molecule has 0 heterocycles. The summed E-state index contributed by atoms with van der Waals surface area (Å²) in [5.41, 5.74) is 0.609. The number of rotatable bonds is 11. The molecule has 0 unspecified atom stereocenters. The first kappa shape index (κ1) is 30.5. The molecule has 2 atom stereocenters. The van der Waals surface area contributed by atoms with Gasteiger partial charge in [0.15, 0.2) is 0 Å². The summed E-state index contributed by atoms with van der Waals surface area (Å²) in [7, 11) is -3.95. The van der Waals surface area contributed by atoms with Gasteiger partial charge in [0.05, 0.1) is 17.0 Å². The number of halogens is 4. The van der Waals surface area contributed by atoms with Crippen LogP contribution in [0.3, 0.4) is 0 Å². The Kier molecular flexibility index (Phi) is 11.2. The highest BCUT2D eigenvalue weighted by molar-refractivity contribution is 7.92. The first-order chi connectivity index (χ1) is 16.8. The molecule has 198 valence electrons. The van der Waals surface area contributed by atoms with E-state index in [4.69, 9.17) is 46.4 Å². The first-order valence-corrected chi connectivity index (χ1v) is 14.6. The number of hydrogen-bond donors (Lipinski definition) is 1. The molecule has 2 aromatic rings. The van der Waals surface area contributed by atoms with E-state index in [0.717, 1.165) is 10.6 Å². The van der Waals surface area contributed by atoms with Gasteiger partial charge in [-0.15, -0.1) is 0 Å². The normalized spacial score (nSPS) is 13.1. The van der Waals surface area contributed by atoms with Crippen LogP contribution < -0.4 is 9.62 Å². The molecule has 0 spiro atoms. The number of carbonyl (C=O) groups is 2. The quantitative estimate of drug-likeness (QED) is 0.356. The molecule has 0 aliphatic heterocycles. The van der Waals surface area contributed by atoms with Crippen molar-refractivity contribution < 1.29 is 18.0 Å². The smallest absolute Gasteiger partial charge is 0.244 e. The number of nitrogens with zero attached hydrogens (tertiary/aromatic N) is 2. The van der Waals surface area contributed by atoms with Crippen LogP contribution >= 0.6 is 46.4 Å². The molecule has 1 N–H and O–H groups in total. The van der Waals surface area contributed by atoms with Crippen LogP contribution in [0.25, 0.3) is 0 Å². The van der Waals surface area contributed by atoms with Crippen molar-refractivity contribution in [1.82, 2.24) is 10.2 Å². The lowest BCUT2D eigenvalue weighted by Gasteiger charge is -2.33. The Morgan fingerprint density at radius 3 is 2.11 bits per heavy atom. The van der Waals surface area contributed by atoms with Gasteiger partial charge in [0.25, 0.3) is 0 Å². The van der Waals surface area contributed by atoms with Crippen LogP contribution in [-0.2, 0) is 26.2 Å². The van der Waals surface area contributed by atoms with Crippen molar-refractivity contribution in [3.8, 4) is 0 Å². The van der Waals surface area contributed by atoms with Crippen molar-refractivity contribution >= 4 is 73.9 Å². The third kappa shape index (κ3) is 8.15. The molecule has 0 aliphatic rings. The maximum Gasteiger partial charge on any atom is 0.244 e. The summed E-state index contributed by atoms with van der Waals surface area (Å²) in [5.74, 6) is -0.967. The van der Waals surface area contributed by atoms with Crippen LogP contribution in [0.15, 0.2) is 36.4 Å². The molecule has 2 rings (SSSR count). The Morgan fingerprint density at radius 2 is 1.56 bits per heavy atom. The topological polar surface area (TPSA) is 86.8 Å². The van der Waals surface area contributed by atoms with E-state index in [9.17, 15) is 18.0 Å². The second-order valence-corrected chi connectivity index (χ2v) is 12.0. The minimum Gasteiger partial charge on any atom is -0.352 e. The molecule has 0 radical (unpaired) electrons. The van der Waals surface area contributed by atoms with Crippen LogP contribution in [-0.4, -0.2) is 50.0 Å². The summed E-state index contributed by atoms with van der Waals surface area (Å²) in [6.07, 6.45) is 1.95. The Morgan fingerprint density at radius 1 is 0.944 bits per heavy atom. The minimum absolute atomic E-state index is 0.0395. The van der Waals surface area contributed by atoms with Gasteiger partial charge >= 0.3 is 0 Å². The molecule has 0 aliphatic carbocycles. The Hall–Kier alpha value is -1.71. The molecular formula is C24H29Cl4N3O4S. The van der Waals surface area contributed by atoms with Gasteiger partial charge in [-0.3, -0.25) is 13.9 Å². The maximum absolute atomic E-state index is 13.7. The van der Waals surface area contributed by atoms with Crippen molar-refractivity contribution in [2.75, 3.05) is 17.1 Å². The number of sulfonamides is 1. The highest BCUT2D eigenvalue weighted by Crippen LogP contribution is 2.31. The number of anilines is 1. The van der Waals surface area contributed by atoms with Gasteiger partial charge in [0.2, 0.25) is 21.8 Å². The molecule has 0 fully saturated rings. The SMILES string of the molecule is CC[C@@H](C)NC(=O)[C@@H](CC)N(Cc1ccc(Cl)cc1Cl)C(=O)CN(c1cc(Cl)ccc1Cl)S(C)(=O)=O. The molecule has 0 aromatic heterocycles. The number of carbonyl (C=O) groups excluding carboxylic acids is 2. The van der Waals surface area contributed by atoms with Crippen LogP contribution in [0.4, 0.5) is 5.69 Å². The predicted molar refractivity (Wildman–Crippen MR) is 148 cm³/mol. The van der Waals surface area contributed by atoms with Gasteiger partial charge in [-0.1, -0.05) is 66.3 Å². The summed E-state index contributed by atoms with van der Waals surface area (Å²) in [5, 5.41) is 3.99. The Labute approximate surface area is 232 Å². The summed E-state index contributed by atoms with van der Waals surface area (Å²) in [6.45, 7) is 4.92. The van der Waals surface area contributed by atoms with Gasteiger partial charge < -0.3 is 10.2 Å². The van der Waals surface area contributed by atoms with Gasteiger partial charge in [-0.05, 0) is 55.7 Å². The summed E-state index contributed by atoms with van der Waals surface area (Å²) in [6, 6.07) is 8.15.